The lowest BCUT2D eigenvalue weighted by molar-refractivity contribution is -0.277. The molecule has 1 fully saturated rings. The third-order valence-corrected chi connectivity index (χ3v) is 5.04. The summed E-state index contributed by atoms with van der Waals surface area (Å²) in [6.45, 7) is -0.626. The molecule has 0 bridgehead atoms. The quantitative estimate of drug-likeness (QED) is 0.331. The topological polar surface area (TPSA) is 170 Å². The van der Waals surface area contributed by atoms with Gasteiger partial charge in [0.15, 0.2) is 5.43 Å². The summed E-state index contributed by atoms with van der Waals surface area (Å²) in [5, 5.41) is 58.8. The molecule has 10 nitrogen and oxygen atoms in total. The van der Waals surface area contributed by atoms with Crippen molar-refractivity contribution in [3.8, 4) is 28.6 Å². The molecule has 2 aromatic carbocycles. The van der Waals surface area contributed by atoms with Crippen LogP contribution in [0.5, 0.6) is 17.2 Å². The maximum atomic E-state index is 12.5. The van der Waals surface area contributed by atoms with Crippen LogP contribution in [0.4, 0.5) is 0 Å². The molecule has 31 heavy (non-hydrogen) atoms. The van der Waals surface area contributed by atoms with E-state index in [0.717, 1.165) is 6.07 Å². The fourth-order valence-electron chi connectivity index (χ4n) is 3.38. The number of phenolic OH excluding ortho intramolecular Hbond substituents is 2. The van der Waals surface area contributed by atoms with Crippen LogP contribution in [0.3, 0.4) is 0 Å². The van der Waals surface area contributed by atoms with Gasteiger partial charge in [-0.2, -0.15) is 0 Å². The molecule has 4 rings (SSSR count). The molecule has 1 saturated heterocycles. The van der Waals surface area contributed by atoms with E-state index in [4.69, 9.17) is 13.9 Å². The Balaban J connectivity index is 1.71. The average Bonchev–Trinajstić information content (AvgIpc) is 2.74. The summed E-state index contributed by atoms with van der Waals surface area (Å²) in [4.78, 5) is 12.5. The Bertz CT molecular complexity index is 1140. The first-order valence-corrected chi connectivity index (χ1v) is 9.36. The molecule has 0 amide bonds. The summed E-state index contributed by atoms with van der Waals surface area (Å²) >= 11 is 0. The summed E-state index contributed by atoms with van der Waals surface area (Å²) in [5.41, 5.74) is -0.0204. The zero-order chi connectivity index (χ0) is 22.3. The molecule has 0 aliphatic carbocycles. The van der Waals surface area contributed by atoms with Gasteiger partial charge in [-0.3, -0.25) is 4.79 Å². The molecule has 0 spiro atoms. The molecule has 1 aliphatic rings. The van der Waals surface area contributed by atoms with Crippen molar-refractivity contribution < 1.29 is 44.5 Å². The molecule has 1 aliphatic heterocycles. The number of phenols is 2. The van der Waals surface area contributed by atoms with Crippen molar-refractivity contribution in [2.45, 2.75) is 30.7 Å². The Labute approximate surface area is 174 Å². The van der Waals surface area contributed by atoms with Crippen molar-refractivity contribution in [2.24, 2.45) is 0 Å². The Hall–Kier alpha value is -3.15. The lowest BCUT2D eigenvalue weighted by Gasteiger charge is -2.39. The second-order valence-corrected chi connectivity index (χ2v) is 7.15. The number of aromatic hydroxyl groups is 2. The van der Waals surface area contributed by atoms with Gasteiger partial charge in [-0.1, -0.05) is 0 Å². The van der Waals surface area contributed by atoms with Crippen molar-refractivity contribution in [1.29, 1.82) is 0 Å². The second-order valence-electron chi connectivity index (χ2n) is 7.15. The molecular weight excluding hydrogens is 412 g/mol. The molecule has 2 heterocycles. The standard InChI is InChI=1S/C21H20O10/c22-8-16-18(26)19(27)20(28)21(31-16)29-11-5-12(24)17-13(25)7-14(30-15(17)6-11)9-1-3-10(23)4-2-9/h1-7,16,18-24,26-28H,8H2/t16-,18-,19+,20-,21?/m0/s1. The van der Waals surface area contributed by atoms with Gasteiger partial charge in [-0.05, 0) is 24.3 Å². The van der Waals surface area contributed by atoms with Gasteiger partial charge in [0.25, 0.3) is 0 Å². The average molecular weight is 432 g/mol. The first kappa shape index (κ1) is 21.1. The SMILES string of the molecule is O=c1cc(-c2ccc(O)cc2)oc2cc(OC3O[C@@H](CO)[C@H](O)[C@@H](O)[C@@H]3O)cc(O)c12. The summed E-state index contributed by atoms with van der Waals surface area (Å²) in [7, 11) is 0. The smallest absolute Gasteiger partial charge is 0.229 e. The fourth-order valence-corrected chi connectivity index (χ4v) is 3.38. The van der Waals surface area contributed by atoms with E-state index >= 15 is 0 Å². The molecular formula is C21H20O10. The number of hydrogen-bond acceptors (Lipinski definition) is 10. The summed E-state index contributed by atoms with van der Waals surface area (Å²) in [5.74, 6) is -0.273. The molecule has 164 valence electrons. The first-order chi connectivity index (χ1) is 14.8. The van der Waals surface area contributed by atoms with Crippen molar-refractivity contribution in [2.75, 3.05) is 6.61 Å². The summed E-state index contributed by atoms with van der Waals surface area (Å²) < 4.78 is 16.5. The number of hydrogen-bond donors (Lipinski definition) is 6. The monoisotopic (exact) mass is 432 g/mol. The highest BCUT2D eigenvalue weighted by molar-refractivity contribution is 5.86. The minimum atomic E-state index is -1.65. The van der Waals surface area contributed by atoms with E-state index in [1.807, 2.05) is 0 Å². The third kappa shape index (κ3) is 3.94. The van der Waals surface area contributed by atoms with Gasteiger partial charge >= 0.3 is 0 Å². The molecule has 6 N–H and O–H groups in total. The minimum Gasteiger partial charge on any atom is -0.508 e. The van der Waals surface area contributed by atoms with Gasteiger partial charge in [0, 0.05) is 23.8 Å². The highest BCUT2D eigenvalue weighted by Gasteiger charge is 2.44. The van der Waals surface area contributed by atoms with Gasteiger partial charge < -0.3 is 44.5 Å². The van der Waals surface area contributed by atoms with Crippen LogP contribution in [0.15, 0.2) is 51.7 Å². The van der Waals surface area contributed by atoms with E-state index in [-0.39, 0.29) is 28.2 Å². The zero-order valence-electron chi connectivity index (χ0n) is 16.0. The van der Waals surface area contributed by atoms with E-state index in [1.165, 1.54) is 24.3 Å². The van der Waals surface area contributed by atoms with Crippen LogP contribution in [0, 0.1) is 0 Å². The number of rotatable bonds is 4. The number of ether oxygens (including phenoxy) is 2. The molecule has 3 aromatic rings. The van der Waals surface area contributed by atoms with E-state index in [2.05, 4.69) is 0 Å². The van der Waals surface area contributed by atoms with Gasteiger partial charge in [0.2, 0.25) is 6.29 Å². The Morgan fingerprint density at radius 3 is 2.32 bits per heavy atom. The van der Waals surface area contributed by atoms with Gasteiger partial charge in [0.1, 0.15) is 58.4 Å². The van der Waals surface area contributed by atoms with Crippen LogP contribution in [0.25, 0.3) is 22.3 Å². The highest BCUT2D eigenvalue weighted by atomic mass is 16.7. The number of aliphatic hydroxyl groups is 4. The van der Waals surface area contributed by atoms with E-state index in [0.29, 0.717) is 5.56 Å². The van der Waals surface area contributed by atoms with E-state index in [9.17, 15) is 35.4 Å². The molecule has 0 saturated carbocycles. The first-order valence-electron chi connectivity index (χ1n) is 9.36. The normalized spacial score (nSPS) is 26.1. The van der Waals surface area contributed by atoms with Crippen LogP contribution >= 0.6 is 0 Å². The van der Waals surface area contributed by atoms with Crippen LogP contribution in [0.1, 0.15) is 0 Å². The third-order valence-electron chi connectivity index (χ3n) is 5.04. The van der Waals surface area contributed by atoms with Crippen molar-refractivity contribution in [1.82, 2.24) is 0 Å². The lowest BCUT2D eigenvalue weighted by atomic mass is 9.99. The fraction of sp³-hybridized carbons (Fsp3) is 0.286. The Morgan fingerprint density at radius 2 is 1.65 bits per heavy atom. The van der Waals surface area contributed by atoms with Crippen molar-refractivity contribution in [3.63, 3.8) is 0 Å². The molecule has 0 radical (unpaired) electrons. The minimum absolute atomic E-state index is 0.0184. The summed E-state index contributed by atoms with van der Waals surface area (Å²) in [6.07, 6.45) is -7.47. The predicted octanol–water partition coefficient (Wildman–Crippen LogP) is 0.0499. The second kappa shape index (κ2) is 8.17. The van der Waals surface area contributed by atoms with Crippen LogP contribution < -0.4 is 10.2 Å². The van der Waals surface area contributed by atoms with Crippen molar-refractivity contribution in [3.05, 3.63) is 52.7 Å². The Kier molecular flexibility index (Phi) is 5.56. The maximum absolute atomic E-state index is 12.5. The molecule has 5 atom stereocenters. The summed E-state index contributed by atoms with van der Waals surface area (Å²) in [6, 6.07) is 9.56. The number of benzene rings is 2. The van der Waals surface area contributed by atoms with Gasteiger partial charge in [-0.25, -0.2) is 0 Å². The number of aliphatic hydroxyl groups excluding tert-OH is 4. The number of fused-ring (bicyclic) bond motifs is 1. The van der Waals surface area contributed by atoms with E-state index in [1.54, 1.807) is 12.1 Å². The molecule has 10 heteroatoms. The predicted molar refractivity (Wildman–Crippen MR) is 106 cm³/mol. The zero-order valence-corrected chi connectivity index (χ0v) is 16.0. The largest absolute Gasteiger partial charge is 0.508 e. The maximum Gasteiger partial charge on any atom is 0.229 e. The highest BCUT2D eigenvalue weighted by Crippen LogP contribution is 2.33. The lowest BCUT2D eigenvalue weighted by Crippen LogP contribution is -2.60. The van der Waals surface area contributed by atoms with Gasteiger partial charge in [-0.15, -0.1) is 0 Å². The van der Waals surface area contributed by atoms with E-state index < -0.39 is 48.5 Å². The van der Waals surface area contributed by atoms with Crippen LogP contribution in [0.2, 0.25) is 0 Å². The molecule has 1 unspecified atom stereocenters. The van der Waals surface area contributed by atoms with Crippen LogP contribution in [-0.4, -0.2) is 68.0 Å². The van der Waals surface area contributed by atoms with Crippen molar-refractivity contribution >= 4 is 11.0 Å². The Morgan fingerprint density at radius 1 is 0.935 bits per heavy atom. The van der Waals surface area contributed by atoms with Crippen LogP contribution in [-0.2, 0) is 4.74 Å². The van der Waals surface area contributed by atoms with Gasteiger partial charge in [0.05, 0.1) is 6.61 Å². The molecule has 1 aromatic heterocycles.